The van der Waals surface area contributed by atoms with Gasteiger partial charge in [0.1, 0.15) is 0 Å². The molecule has 0 aromatic carbocycles. The van der Waals surface area contributed by atoms with Crippen LogP contribution in [0.2, 0.25) is 0 Å². The Bertz CT molecular complexity index is 388. The molecule has 1 N–H and O–H groups in total. The van der Waals surface area contributed by atoms with Gasteiger partial charge in [0.15, 0.2) is 0 Å². The van der Waals surface area contributed by atoms with Gasteiger partial charge in [0.25, 0.3) is 0 Å². The third-order valence-corrected chi connectivity index (χ3v) is 3.25. The molecular weight excluding hydrogens is 216 g/mol. The predicted molar refractivity (Wildman–Crippen MR) is 65.6 cm³/mol. The number of hydrogen-bond donors (Lipinski definition) is 1. The van der Waals surface area contributed by atoms with E-state index in [1.165, 1.54) is 0 Å². The summed E-state index contributed by atoms with van der Waals surface area (Å²) in [5, 5.41) is 7.24. The SMILES string of the molecule is CNC[C@H]1CCCN1C(=O)Cc1cnn(C)c1. The van der Waals surface area contributed by atoms with Gasteiger partial charge in [0.05, 0.1) is 12.6 Å². The Morgan fingerprint density at radius 1 is 1.65 bits per heavy atom. The third kappa shape index (κ3) is 2.85. The molecular formula is C12H20N4O. The van der Waals surface area contributed by atoms with Crippen molar-refractivity contribution in [1.82, 2.24) is 20.0 Å². The van der Waals surface area contributed by atoms with E-state index in [1.54, 1.807) is 10.9 Å². The second-order valence-corrected chi connectivity index (χ2v) is 4.64. The first-order valence-corrected chi connectivity index (χ1v) is 6.12. The van der Waals surface area contributed by atoms with Gasteiger partial charge in [-0.1, -0.05) is 0 Å². The summed E-state index contributed by atoms with van der Waals surface area (Å²) in [6.07, 6.45) is 6.36. The maximum absolute atomic E-state index is 12.2. The molecule has 2 rings (SSSR count). The van der Waals surface area contributed by atoms with Crippen LogP contribution in [0.25, 0.3) is 0 Å². The van der Waals surface area contributed by atoms with Gasteiger partial charge in [-0.2, -0.15) is 5.10 Å². The van der Waals surface area contributed by atoms with Crippen molar-refractivity contribution in [3.05, 3.63) is 18.0 Å². The lowest BCUT2D eigenvalue weighted by Gasteiger charge is -2.24. The van der Waals surface area contributed by atoms with Gasteiger partial charge in [-0.05, 0) is 25.5 Å². The summed E-state index contributed by atoms with van der Waals surface area (Å²) in [7, 11) is 3.80. The van der Waals surface area contributed by atoms with Crippen molar-refractivity contribution in [2.45, 2.75) is 25.3 Å². The zero-order valence-corrected chi connectivity index (χ0v) is 10.5. The number of amides is 1. The lowest BCUT2D eigenvalue weighted by Crippen LogP contribution is -2.41. The number of nitrogens with zero attached hydrogens (tertiary/aromatic N) is 3. The van der Waals surface area contributed by atoms with E-state index in [2.05, 4.69) is 10.4 Å². The molecule has 1 fully saturated rings. The lowest BCUT2D eigenvalue weighted by atomic mass is 10.2. The first-order valence-electron chi connectivity index (χ1n) is 6.12. The minimum atomic E-state index is 0.218. The maximum Gasteiger partial charge on any atom is 0.227 e. The summed E-state index contributed by atoms with van der Waals surface area (Å²) < 4.78 is 1.73. The number of aryl methyl sites for hydroxylation is 1. The van der Waals surface area contributed by atoms with E-state index < -0.39 is 0 Å². The van der Waals surface area contributed by atoms with Gasteiger partial charge in [0.2, 0.25) is 5.91 Å². The van der Waals surface area contributed by atoms with Crippen molar-refractivity contribution >= 4 is 5.91 Å². The number of likely N-dealkylation sites (N-methyl/N-ethyl adjacent to an activating group) is 1. The minimum Gasteiger partial charge on any atom is -0.338 e. The average molecular weight is 236 g/mol. The Hall–Kier alpha value is -1.36. The molecule has 1 aliphatic heterocycles. The van der Waals surface area contributed by atoms with E-state index in [-0.39, 0.29) is 5.91 Å². The molecule has 0 saturated carbocycles. The molecule has 1 aliphatic rings. The monoisotopic (exact) mass is 236 g/mol. The fourth-order valence-corrected chi connectivity index (χ4v) is 2.45. The second kappa shape index (κ2) is 5.31. The zero-order chi connectivity index (χ0) is 12.3. The van der Waals surface area contributed by atoms with Gasteiger partial charge in [-0.3, -0.25) is 9.48 Å². The van der Waals surface area contributed by atoms with Gasteiger partial charge >= 0.3 is 0 Å². The first kappa shape index (κ1) is 12.1. The maximum atomic E-state index is 12.2. The van der Waals surface area contributed by atoms with Crippen LogP contribution in [0.15, 0.2) is 12.4 Å². The summed E-state index contributed by atoms with van der Waals surface area (Å²) in [5.41, 5.74) is 0.993. The van der Waals surface area contributed by atoms with Gasteiger partial charge in [-0.25, -0.2) is 0 Å². The molecule has 1 amide bonds. The molecule has 0 spiro atoms. The molecule has 1 aromatic heterocycles. The van der Waals surface area contributed by atoms with Crippen LogP contribution in [0.5, 0.6) is 0 Å². The van der Waals surface area contributed by atoms with Crippen molar-refractivity contribution in [2.75, 3.05) is 20.1 Å². The predicted octanol–water partition coefficient (Wildman–Crippen LogP) is 0.173. The number of carbonyl (C=O) groups excluding carboxylic acids is 1. The molecule has 0 aliphatic carbocycles. The van der Waals surface area contributed by atoms with Gasteiger partial charge in [-0.15, -0.1) is 0 Å². The molecule has 0 bridgehead atoms. The molecule has 17 heavy (non-hydrogen) atoms. The number of likely N-dealkylation sites (tertiary alicyclic amines) is 1. The minimum absolute atomic E-state index is 0.218. The van der Waals surface area contributed by atoms with Crippen molar-refractivity contribution < 1.29 is 4.79 Å². The Kier molecular flexibility index (Phi) is 3.78. The summed E-state index contributed by atoms with van der Waals surface area (Å²) in [6, 6.07) is 0.365. The highest BCUT2D eigenvalue weighted by molar-refractivity contribution is 5.79. The highest BCUT2D eigenvalue weighted by Gasteiger charge is 2.27. The van der Waals surface area contributed by atoms with Gasteiger partial charge < -0.3 is 10.2 Å². The fourth-order valence-electron chi connectivity index (χ4n) is 2.45. The van der Waals surface area contributed by atoms with Crippen molar-refractivity contribution in [3.8, 4) is 0 Å². The number of aromatic nitrogens is 2. The van der Waals surface area contributed by atoms with Crippen molar-refractivity contribution in [1.29, 1.82) is 0 Å². The number of carbonyl (C=O) groups is 1. The van der Waals surface area contributed by atoms with E-state index in [9.17, 15) is 4.79 Å². The first-order chi connectivity index (χ1) is 8.20. The Balaban J connectivity index is 1.95. The van der Waals surface area contributed by atoms with Crippen LogP contribution in [0.3, 0.4) is 0 Å². The Morgan fingerprint density at radius 3 is 3.12 bits per heavy atom. The Labute approximate surface area is 102 Å². The molecule has 1 saturated heterocycles. The molecule has 0 unspecified atom stereocenters. The fraction of sp³-hybridized carbons (Fsp3) is 0.667. The molecule has 2 heterocycles. The molecule has 5 nitrogen and oxygen atoms in total. The van der Waals surface area contributed by atoms with Crippen LogP contribution in [0.1, 0.15) is 18.4 Å². The summed E-state index contributed by atoms with van der Waals surface area (Å²) in [4.78, 5) is 14.2. The highest BCUT2D eigenvalue weighted by Crippen LogP contribution is 2.17. The van der Waals surface area contributed by atoms with E-state index in [4.69, 9.17) is 0 Å². The van der Waals surface area contributed by atoms with Crippen molar-refractivity contribution in [3.63, 3.8) is 0 Å². The van der Waals surface area contributed by atoms with E-state index in [0.717, 1.165) is 31.5 Å². The largest absolute Gasteiger partial charge is 0.338 e. The molecule has 94 valence electrons. The van der Waals surface area contributed by atoms with E-state index in [1.807, 2.05) is 25.2 Å². The van der Waals surface area contributed by atoms with Crippen LogP contribution in [-0.2, 0) is 18.3 Å². The topological polar surface area (TPSA) is 50.2 Å². The number of nitrogens with one attached hydrogen (secondary N) is 1. The van der Waals surface area contributed by atoms with Crippen LogP contribution in [-0.4, -0.2) is 46.8 Å². The van der Waals surface area contributed by atoms with Crippen LogP contribution < -0.4 is 5.32 Å². The average Bonchev–Trinajstić information content (AvgIpc) is 2.88. The van der Waals surface area contributed by atoms with Crippen LogP contribution in [0.4, 0.5) is 0 Å². The third-order valence-electron chi connectivity index (χ3n) is 3.25. The van der Waals surface area contributed by atoms with E-state index in [0.29, 0.717) is 12.5 Å². The van der Waals surface area contributed by atoms with E-state index >= 15 is 0 Å². The van der Waals surface area contributed by atoms with Gasteiger partial charge in [0, 0.05) is 32.4 Å². The summed E-state index contributed by atoms with van der Waals surface area (Å²) in [5.74, 6) is 0.218. The lowest BCUT2D eigenvalue weighted by molar-refractivity contribution is -0.131. The van der Waals surface area contributed by atoms with Crippen LogP contribution in [0, 0.1) is 0 Å². The number of rotatable bonds is 4. The summed E-state index contributed by atoms with van der Waals surface area (Å²) in [6.45, 7) is 1.78. The smallest absolute Gasteiger partial charge is 0.227 e. The quantitative estimate of drug-likeness (QED) is 0.811. The molecule has 5 heteroatoms. The normalized spacial score (nSPS) is 19.9. The highest BCUT2D eigenvalue weighted by atomic mass is 16.2. The summed E-state index contributed by atoms with van der Waals surface area (Å²) >= 11 is 0. The second-order valence-electron chi connectivity index (χ2n) is 4.64. The molecule has 0 radical (unpaired) electrons. The molecule has 1 atom stereocenters. The number of hydrogen-bond acceptors (Lipinski definition) is 3. The zero-order valence-electron chi connectivity index (χ0n) is 10.5. The standard InChI is InChI=1S/C12H20N4O/c1-13-8-11-4-3-5-16(11)12(17)6-10-7-14-15(2)9-10/h7,9,11,13H,3-6,8H2,1-2H3/t11-/m1/s1. The molecule has 1 aromatic rings. The van der Waals surface area contributed by atoms with Crippen molar-refractivity contribution in [2.24, 2.45) is 7.05 Å². The Morgan fingerprint density at radius 2 is 2.47 bits per heavy atom. The van der Waals surface area contributed by atoms with Crippen LogP contribution >= 0.6 is 0 Å².